The Kier molecular flexibility index (Phi) is 6.02. The third-order valence-corrected chi connectivity index (χ3v) is 7.73. The van der Waals surface area contributed by atoms with Gasteiger partial charge in [0.25, 0.3) is 0 Å². The predicted octanol–water partition coefficient (Wildman–Crippen LogP) is 4.16. The number of aliphatic carboxylic acids is 1. The van der Waals surface area contributed by atoms with Crippen LogP contribution in [0.3, 0.4) is 0 Å². The SMILES string of the molecule is O=C(O)C[C@H]1CCCN1C(=O)C1(CNC(=O)OCC2c3ccccc3-c3ccccc32)CCC1. The van der Waals surface area contributed by atoms with Gasteiger partial charge in [-0.2, -0.15) is 0 Å². The fourth-order valence-electron chi connectivity index (χ4n) is 5.78. The maximum atomic E-state index is 13.3. The topological polar surface area (TPSA) is 95.9 Å². The number of carboxylic acids is 1. The molecule has 0 aromatic heterocycles. The lowest BCUT2D eigenvalue weighted by molar-refractivity contribution is -0.149. The molecule has 2 aromatic rings. The molecular weight excluding hydrogens is 432 g/mol. The van der Waals surface area contributed by atoms with Gasteiger partial charge >= 0.3 is 12.1 Å². The van der Waals surface area contributed by atoms with E-state index in [9.17, 15) is 19.5 Å². The Morgan fingerprint density at radius 3 is 2.24 bits per heavy atom. The van der Waals surface area contributed by atoms with Crippen molar-refractivity contribution in [1.82, 2.24) is 10.2 Å². The van der Waals surface area contributed by atoms with Crippen molar-refractivity contribution in [2.75, 3.05) is 19.7 Å². The molecule has 7 heteroatoms. The smallest absolute Gasteiger partial charge is 0.407 e. The van der Waals surface area contributed by atoms with E-state index in [0.717, 1.165) is 24.0 Å². The highest BCUT2D eigenvalue weighted by Gasteiger charge is 2.48. The highest BCUT2D eigenvalue weighted by Crippen LogP contribution is 2.45. The summed E-state index contributed by atoms with van der Waals surface area (Å²) in [6.07, 6.45) is 3.31. The van der Waals surface area contributed by atoms with Crippen LogP contribution in [0.2, 0.25) is 0 Å². The van der Waals surface area contributed by atoms with Crippen LogP contribution < -0.4 is 5.32 Å². The lowest BCUT2D eigenvalue weighted by atomic mass is 9.67. The van der Waals surface area contributed by atoms with Crippen LogP contribution in [0.1, 0.15) is 55.6 Å². The quantitative estimate of drug-likeness (QED) is 0.644. The van der Waals surface area contributed by atoms with E-state index in [4.69, 9.17) is 4.74 Å². The van der Waals surface area contributed by atoms with Gasteiger partial charge in [0.15, 0.2) is 0 Å². The Hall–Kier alpha value is -3.35. The minimum atomic E-state index is -0.885. The second kappa shape index (κ2) is 9.12. The molecule has 1 aliphatic heterocycles. The van der Waals surface area contributed by atoms with Gasteiger partial charge in [0, 0.05) is 25.0 Å². The van der Waals surface area contributed by atoms with Crippen LogP contribution in [0.4, 0.5) is 4.79 Å². The number of hydrogen-bond donors (Lipinski definition) is 2. The summed E-state index contributed by atoms with van der Waals surface area (Å²) in [6, 6.07) is 16.1. The summed E-state index contributed by atoms with van der Waals surface area (Å²) in [7, 11) is 0. The van der Waals surface area contributed by atoms with Crippen LogP contribution >= 0.6 is 0 Å². The summed E-state index contributed by atoms with van der Waals surface area (Å²) in [4.78, 5) is 38.9. The highest BCUT2D eigenvalue weighted by atomic mass is 16.5. The van der Waals surface area contributed by atoms with E-state index in [2.05, 4.69) is 29.6 Å². The van der Waals surface area contributed by atoms with Gasteiger partial charge in [-0.25, -0.2) is 4.79 Å². The minimum absolute atomic E-state index is 0.0150. The van der Waals surface area contributed by atoms with Crippen molar-refractivity contribution in [2.45, 2.75) is 50.5 Å². The third kappa shape index (κ3) is 4.04. The molecule has 34 heavy (non-hydrogen) atoms. The van der Waals surface area contributed by atoms with Gasteiger partial charge in [-0.1, -0.05) is 55.0 Å². The molecule has 0 spiro atoms. The number of ether oxygens (including phenoxy) is 1. The molecule has 0 radical (unpaired) electrons. The second-order valence-corrected chi connectivity index (χ2v) is 9.71. The number of carbonyl (C=O) groups is 3. The van der Waals surface area contributed by atoms with Crippen molar-refractivity contribution < 1.29 is 24.2 Å². The lowest BCUT2D eigenvalue weighted by Crippen LogP contribution is -2.55. The molecule has 178 valence electrons. The Balaban J connectivity index is 1.20. The van der Waals surface area contributed by atoms with Crippen LogP contribution in [0, 0.1) is 5.41 Å². The summed E-state index contributed by atoms with van der Waals surface area (Å²) in [5, 5.41) is 12.0. The molecule has 1 heterocycles. The van der Waals surface area contributed by atoms with Crippen LogP contribution in [0.5, 0.6) is 0 Å². The summed E-state index contributed by atoms with van der Waals surface area (Å²) < 4.78 is 5.63. The van der Waals surface area contributed by atoms with Crippen molar-refractivity contribution in [2.24, 2.45) is 5.41 Å². The third-order valence-electron chi connectivity index (χ3n) is 7.73. The fourth-order valence-corrected chi connectivity index (χ4v) is 5.78. The number of amides is 2. The molecule has 2 amide bonds. The van der Waals surface area contributed by atoms with Crippen LogP contribution in [-0.2, 0) is 14.3 Å². The largest absolute Gasteiger partial charge is 0.481 e. The second-order valence-electron chi connectivity index (χ2n) is 9.71. The van der Waals surface area contributed by atoms with Crippen molar-refractivity contribution in [3.05, 3.63) is 59.7 Å². The van der Waals surface area contributed by atoms with Crippen molar-refractivity contribution in [3.63, 3.8) is 0 Å². The number of benzene rings is 2. The molecule has 0 unspecified atom stereocenters. The van der Waals surface area contributed by atoms with Gasteiger partial charge in [-0.3, -0.25) is 9.59 Å². The molecule has 2 aliphatic carbocycles. The van der Waals surface area contributed by atoms with E-state index < -0.39 is 17.5 Å². The zero-order valence-electron chi connectivity index (χ0n) is 19.2. The van der Waals surface area contributed by atoms with Crippen LogP contribution in [-0.4, -0.2) is 53.7 Å². The first kappa shape index (κ1) is 22.4. The first-order valence-electron chi connectivity index (χ1n) is 12.1. The molecule has 2 fully saturated rings. The number of hydrogen-bond acceptors (Lipinski definition) is 4. The lowest BCUT2D eigenvalue weighted by Gasteiger charge is -2.43. The molecular formula is C27H30N2O5. The Labute approximate surface area is 199 Å². The molecule has 0 bridgehead atoms. The standard InChI is InChI=1S/C27H30N2O5/c30-24(31)15-18-7-5-14-29(18)25(32)27(12-6-13-27)17-28-26(33)34-16-23-21-10-3-1-8-19(21)20-9-2-4-11-22(20)23/h1-4,8-11,18,23H,5-7,12-17H2,(H,28,33)(H,30,31)/t18-/m1/s1. The van der Waals surface area contributed by atoms with Crippen molar-refractivity contribution in [3.8, 4) is 11.1 Å². The fraction of sp³-hybridized carbons (Fsp3) is 0.444. The number of nitrogens with zero attached hydrogens (tertiary/aromatic N) is 1. The first-order valence-corrected chi connectivity index (χ1v) is 12.1. The van der Waals surface area contributed by atoms with Gasteiger partial charge in [0.1, 0.15) is 6.61 Å². The number of rotatable bonds is 7. The normalized spacial score (nSPS) is 20.2. The van der Waals surface area contributed by atoms with Crippen molar-refractivity contribution in [1.29, 1.82) is 0 Å². The zero-order chi connectivity index (χ0) is 23.7. The molecule has 5 rings (SSSR count). The number of fused-ring (bicyclic) bond motifs is 3. The maximum Gasteiger partial charge on any atom is 0.407 e. The van der Waals surface area contributed by atoms with Gasteiger partial charge < -0.3 is 20.1 Å². The molecule has 3 aliphatic rings. The molecule has 1 saturated heterocycles. The molecule has 7 nitrogen and oxygen atoms in total. The van der Waals surface area contributed by atoms with Gasteiger partial charge in [-0.05, 0) is 47.9 Å². The number of carboxylic acid groups (broad SMARTS) is 1. The molecule has 2 N–H and O–H groups in total. The molecule has 2 aromatic carbocycles. The summed E-state index contributed by atoms with van der Waals surface area (Å²) in [5.41, 5.74) is 4.01. The number of alkyl carbamates (subject to hydrolysis) is 1. The predicted molar refractivity (Wildman–Crippen MR) is 126 cm³/mol. The Bertz CT molecular complexity index is 1060. The minimum Gasteiger partial charge on any atom is -0.481 e. The Morgan fingerprint density at radius 1 is 1.00 bits per heavy atom. The molecule has 1 atom stereocenters. The van der Waals surface area contributed by atoms with Crippen molar-refractivity contribution >= 4 is 18.0 Å². The number of carbonyl (C=O) groups excluding carboxylic acids is 2. The van der Waals surface area contributed by atoms with E-state index >= 15 is 0 Å². The maximum absolute atomic E-state index is 13.3. The average molecular weight is 463 g/mol. The van der Waals surface area contributed by atoms with E-state index in [1.165, 1.54) is 11.1 Å². The van der Waals surface area contributed by atoms with Gasteiger partial charge in [0.05, 0.1) is 11.8 Å². The van der Waals surface area contributed by atoms with Crippen LogP contribution in [0.15, 0.2) is 48.5 Å². The summed E-state index contributed by atoms with van der Waals surface area (Å²) >= 11 is 0. The monoisotopic (exact) mass is 462 g/mol. The summed E-state index contributed by atoms with van der Waals surface area (Å²) in [6.45, 7) is 1.04. The van der Waals surface area contributed by atoms with E-state index in [1.807, 2.05) is 24.3 Å². The number of likely N-dealkylation sites (tertiary alicyclic amines) is 1. The Morgan fingerprint density at radius 2 is 1.65 bits per heavy atom. The number of nitrogens with one attached hydrogen (secondary N) is 1. The average Bonchev–Trinajstić information content (AvgIpc) is 3.39. The van der Waals surface area contributed by atoms with E-state index in [1.54, 1.807) is 4.90 Å². The van der Waals surface area contributed by atoms with E-state index in [-0.39, 0.29) is 37.4 Å². The summed E-state index contributed by atoms with van der Waals surface area (Å²) in [5.74, 6) is -0.926. The zero-order valence-corrected chi connectivity index (χ0v) is 19.2. The van der Waals surface area contributed by atoms with Gasteiger partial charge in [0.2, 0.25) is 5.91 Å². The van der Waals surface area contributed by atoms with E-state index in [0.29, 0.717) is 25.8 Å². The first-order chi connectivity index (χ1) is 16.5. The van der Waals surface area contributed by atoms with Crippen LogP contribution in [0.25, 0.3) is 11.1 Å². The highest BCUT2D eigenvalue weighted by molar-refractivity contribution is 5.86. The van der Waals surface area contributed by atoms with Gasteiger partial charge in [-0.15, -0.1) is 0 Å². The molecule has 1 saturated carbocycles.